The third kappa shape index (κ3) is 3.88. The van der Waals surface area contributed by atoms with Gasteiger partial charge in [-0.1, -0.05) is 19.9 Å². The summed E-state index contributed by atoms with van der Waals surface area (Å²) >= 11 is 1.63. The van der Waals surface area contributed by atoms with Crippen LogP contribution in [0.4, 0.5) is 0 Å². The normalized spacial score (nSPS) is 16.6. The molecule has 0 spiro atoms. The summed E-state index contributed by atoms with van der Waals surface area (Å²) < 4.78 is 5.74. The second-order valence-corrected chi connectivity index (χ2v) is 7.06. The van der Waals surface area contributed by atoms with Gasteiger partial charge >= 0.3 is 0 Å². The zero-order chi connectivity index (χ0) is 16.2. The van der Waals surface area contributed by atoms with E-state index in [0.717, 1.165) is 36.7 Å². The van der Waals surface area contributed by atoms with E-state index in [2.05, 4.69) is 10.2 Å². The lowest BCUT2D eigenvalue weighted by molar-refractivity contribution is -0.127. The molecular weight excluding hydrogens is 310 g/mol. The van der Waals surface area contributed by atoms with Gasteiger partial charge < -0.3 is 9.32 Å². The van der Waals surface area contributed by atoms with Gasteiger partial charge in [0.25, 0.3) is 0 Å². The number of aromatic nitrogens is 2. The van der Waals surface area contributed by atoms with Crippen LogP contribution >= 0.6 is 11.3 Å². The molecule has 1 aliphatic heterocycles. The Morgan fingerprint density at radius 2 is 2.17 bits per heavy atom. The zero-order valence-electron chi connectivity index (χ0n) is 13.4. The lowest BCUT2D eigenvalue weighted by Crippen LogP contribution is -2.36. The first-order chi connectivity index (χ1) is 11.1. The van der Waals surface area contributed by atoms with E-state index >= 15 is 0 Å². The molecule has 2 aromatic rings. The molecule has 0 atom stereocenters. The molecule has 122 valence electrons. The molecule has 5 nitrogen and oxygen atoms in total. The Hall–Kier alpha value is -1.95. The Kier molecular flexibility index (Phi) is 4.91. The molecule has 0 bridgehead atoms. The van der Waals surface area contributed by atoms with E-state index in [1.807, 2.05) is 42.3 Å². The van der Waals surface area contributed by atoms with Crippen LogP contribution in [0.1, 0.15) is 55.2 Å². The van der Waals surface area contributed by atoms with Gasteiger partial charge in [0.15, 0.2) is 0 Å². The molecule has 1 fully saturated rings. The van der Waals surface area contributed by atoms with Crippen molar-refractivity contribution in [3.05, 3.63) is 40.2 Å². The summed E-state index contributed by atoms with van der Waals surface area (Å²) in [6.07, 6.45) is 5.29. The number of carbonyl (C=O) groups excluding carboxylic acids is 1. The molecule has 1 saturated heterocycles. The van der Waals surface area contributed by atoms with E-state index in [1.54, 1.807) is 17.4 Å². The summed E-state index contributed by atoms with van der Waals surface area (Å²) in [5.41, 5.74) is 0. The van der Waals surface area contributed by atoms with E-state index in [-0.39, 0.29) is 17.7 Å². The Balaban J connectivity index is 1.54. The summed E-state index contributed by atoms with van der Waals surface area (Å²) in [7, 11) is 0. The van der Waals surface area contributed by atoms with E-state index < -0.39 is 0 Å². The standard InChI is InChI=1S/C17H21N3O2S/c1-12(2)16-18-19-17(22-16)13-7-9-20(10-8-13)15(21)6-5-14-4-3-11-23-14/h3-6,11-13H,7-10H2,1-2H3/b6-5+. The minimum atomic E-state index is 0.0743. The first-order valence-electron chi connectivity index (χ1n) is 7.97. The molecule has 0 aliphatic carbocycles. The summed E-state index contributed by atoms with van der Waals surface area (Å²) in [5, 5.41) is 10.3. The average molecular weight is 331 g/mol. The highest BCUT2D eigenvalue weighted by Gasteiger charge is 2.26. The monoisotopic (exact) mass is 331 g/mol. The summed E-state index contributed by atoms with van der Waals surface area (Å²) in [4.78, 5) is 15.2. The third-order valence-electron chi connectivity index (χ3n) is 4.04. The van der Waals surface area contributed by atoms with Crippen LogP contribution in [0.5, 0.6) is 0 Å². The van der Waals surface area contributed by atoms with Crippen molar-refractivity contribution in [2.45, 2.75) is 38.5 Å². The Labute approximate surface area is 140 Å². The predicted octanol–water partition coefficient (Wildman–Crippen LogP) is 3.67. The van der Waals surface area contributed by atoms with Crippen molar-refractivity contribution in [3.63, 3.8) is 0 Å². The van der Waals surface area contributed by atoms with Crippen molar-refractivity contribution >= 4 is 23.3 Å². The number of likely N-dealkylation sites (tertiary alicyclic amines) is 1. The van der Waals surface area contributed by atoms with Crippen molar-refractivity contribution in [1.29, 1.82) is 0 Å². The smallest absolute Gasteiger partial charge is 0.246 e. The maximum atomic E-state index is 12.2. The fraction of sp³-hybridized carbons (Fsp3) is 0.471. The highest BCUT2D eigenvalue weighted by Crippen LogP contribution is 2.28. The molecule has 1 aliphatic rings. The number of nitrogens with zero attached hydrogens (tertiary/aromatic N) is 3. The van der Waals surface area contributed by atoms with Gasteiger partial charge in [0.1, 0.15) is 0 Å². The fourth-order valence-electron chi connectivity index (χ4n) is 2.64. The van der Waals surface area contributed by atoms with Crippen LogP contribution in [0.3, 0.4) is 0 Å². The van der Waals surface area contributed by atoms with Crippen LogP contribution in [0.25, 0.3) is 6.08 Å². The van der Waals surface area contributed by atoms with Crippen LogP contribution in [-0.2, 0) is 4.79 Å². The third-order valence-corrected chi connectivity index (χ3v) is 4.88. The quantitative estimate of drug-likeness (QED) is 0.802. The van der Waals surface area contributed by atoms with Gasteiger partial charge in [-0.3, -0.25) is 4.79 Å². The van der Waals surface area contributed by atoms with Gasteiger partial charge in [0, 0.05) is 35.9 Å². The molecule has 3 rings (SSSR count). The number of amides is 1. The summed E-state index contributed by atoms with van der Waals surface area (Å²) in [6.45, 7) is 5.55. The van der Waals surface area contributed by atoms with Gasteiger partial charge in [-0.15, -0.1) is 21.5 Å². The largest absolute Gasteiger partial charge is 0.425 e. The van der Waals surface area contributed by atoms with Gasteiger partial charge in [0.2, 0.25) is 17.7 Å². The lowest BCUT2D eigenvalue weighted by atomic mass is 9.97. The molecule has 3 heterocycles. The minimum absolute atomic E-state index is 0.0743. The van der Waals surface area contributed by atoms with Crippen molar-refractivity contribution in [2.75, 3.05) is 13.1 Å². The minimum Gasteiger partial charge on any atom is -0.425 e. The van der Waals surface area contributed by atoms with Crippen molar-refractivity contribution < 1.29 is 9.21 Å². The molecule has 0 saturated carbocycles. The molecule has 0 unspecified atom stereocenters. The molecule has 1 amide bonds. The van der Waals surface area contributed by atoms with Gasteiger partial charge in [-0.05, 0) is 30.4 Å². The second-order valence-electron chi connectivity index (χ2n) is 6.08. The first kappa shape index (κ1) is 15.9. The highest BCUT2D eigenvalue weighted by atomic mass is 32.1. The number of rotatable bonds is 4. The number of carbonyl (C=O) groups is 1. The predicted molar refractivity (Wildman–Crippen MR) is 90.3 cm³/mol. The molecule has 0 radical (unpaired) electrons. The van der Waals surface area contributed by atoms with Gasteiger partial charge in [0.05, 0.1) is 0 Å². The Morgan fingerprint density at radius 1 is 1.39 bits per heavy atom. The van der Waals surface area contributed by atoms with Gasteiger partial charge in [-0.2, -0.15) is 0 Å². The SMILES string of the molecule is CC(C)c1nnc(C2CCN(C(=O)/C=C/c3cccs3)CC2)o1. The van der Waals surface area contributed by atoms with Crippen LogP contribution < -0.4 is 0 Å². The second kappa shape index (κ2) is 7.08. The van der Waals surface area contributed by atoms with Crippen molar-refractivity contribution in [2.24, 2.45) is 0 Å². The zero-order valence-corrected chi connectivity index (χ0v) is 14.3. The molecular formula is C17H21N3O2S. The van der Waals surface area contributed by atoms with E-state index in [1.165, 1.54) is 0 Å². The fourth-order valence-corrected chi connectivity index (χ4v) is 3.25. The molecule has 6 heteroatoms. The van der Waals surface area contributed by atoms with Gasteiger partial charge in [-0.25, -0.2) is 0 Å². The molecule has 0 aromatic carbocycles. The highest BCUT2D eigenvalue weighted by molar-refractivity contribution is 7.10. The first-order valence-corrected chi connectivity index (χ1v) is 8.85. The molecule has 2 aromatic heterocycles. The summed E-state index contributed by atoms with van der Waals surface area (Å²) in [6, 6.07) is 3.98. The van der Waals surface area contributed by atoms with Crippen LogP contribution in [0.15, 0.2) is 28.0 Å². The van der Waals surface area contributed by atoms with Crippen LogP contribution in [0.2, 0.25) is 0 Å². The topological polar surface area (TPSA) is 59.2 Å². The summed E-state index contributed by atoms with van der Waals surface area (Å²) in [5.74, 6) is 2.00. The Morgan fingerprint density at radius 3 is 2.78 bits per heavy atom. The number of thiophene rings is 1. The van der Waals surface area contributed by atoms with E-state index in [9.17, 15) is 4.79 Å². The van der Waals surface area contributed by atoms with E-state index in [0.29, 0.717) is 5.89 Å². The maximum absolute atomic E-state index is 12.2. The van der Waals surface area contributed by atoms with Crippen molar-refractivity contribution in [3.8, 4) is 0 Å². The lowest BCUT2D eigenvalue weighted by Gasteiger charge is -2.29. The van der Waals surface area contributed by atoms with Crippen LogP contribution in [-0.4, -0.2) is 34.1 Å². The maximum Gasteiger partial charge on any atom is 0.246 e. The number of hydrogen-bond donors (Lipinski definition) is 0. The number of piperidine rings is 1. The van der Waals surface area contributed by atoms with E-state index in [4.69, 9.17) is 4.42 Å². The van der Waals surface area contributed by atoms with Crippen molar-refractivity contribution in [1.82, 2.24) is 15.1 Å². The average Bonchev–Trinajstić information content (AvgIpc) is 3.24. The van der Waals surface area contributed by atoms with Crippen LogP contribution in [0, 0.1) is 0 Å². The molecule has 0 N–H and O–H groups in total. The Bertz CT molecular complexity index is 668. The molecule has 23 heavy (non-hydrogen) atoms. The number of hydrogen-bond acceptors (Lipinski definition) is 5.